The molecular weight excluding hydrogens is 292 g/mol. The van der Waals surface area contributed by atoms with Crippen molar-refractivity contribution in [2.24, 2.45) is 0 Å². The van der Waals surface area contributed by atoms with E-state index in [2.05, 4.69) is 16.5 Å². The Hall–Kier alpha value is -3.07. The maximum atomic E-state index is 12.5. The molecule has 1 aliphatic carbocycles. The van der Waals surface area contributed by atoms with Crippen LogP contribution in [0.5, 0.6) is 5.75 Å². The molecule has 0 fully saturated rings. The highest BCUT2D eigenvalue weighted by molar-refractivity contribution is 5.99. The zero-order valence-corrected chi connectivity index (χ0v) is 12.3. The number of ketones is 1. The number of nitrogens with one attached hydrogen (secondary N) is 1. The van der Waals surface area contributed by atoms with Crippen molar-refractivity contribution >= 4 is 11.6 Å². The third-order valence-corrected chi connectivity index (χ3v) is 4.35. The molecule has 0 unspecified atom stereocenters. The van der Waals surface area contributed by atoms with Gasteiger partial charge in [0, 0.05) is 17.7 Å². The number of Topliss-reactive ketones (excluding diaryl/α,β-unsaturated/α-hetero) is 1. The summed E-state index contributed by atoms with van der Waals surface area (Å²) in [5, 5.41) is 26.6. The zero-order valence-electron chi connectivity index (χ0n) is 12.3. The van der Waals surface area contributed by atoms with Crippen LogP contribution in [0.1, 0.15) is 36.4 Å². The number of aromatic nitrogens is 2. The number of phenols is 1. The lowest BCUT2D eigenvalue weighted by molar-refractivity contribution is -0.116. The standard InChI is InChI=1S/C17H14N4O2/c18-8-11-9-19-21-16(10-3-1-4-12(22)7-10)15-13(20-17(11)21)5-2-6-14(15)23/h1,3-4,7,9,16,20,22H,2,5-6H2/t16-/m1/s1. The van der Waals surface area contributed by atoms with Gasteiger partial charge in [-0.1, -0.05) is 12.1 Å². The summed E-state index contributed by atoms with van der Waals surface area (Å²) in [4.78, 5) is 12.5. The monoisotopic (exact) mass is 306 g/mol. The highest BCUT2D eigenvalue weighted by atomic mass is 16.3. The molecule has 1 aromatic carbocycles. The number of rotatable bonds is 1. The minimum atomic E-state index is -0.414. The first kappa shape index (κ1) is 13.6. The van der Waals surface area contributed by atoms with Gasteiger partial charge in [-0.2, -0.15) is 10.4 Å². The molecule has 0 radical (unpaired) electrons. The lowest BCUT2D eigenvalue weighted by atomic mass is 9.85. The Balaban J connectivity index is 1.96. The molecule has 2 N–H and O–H groups in total. The number of phenolic OH excluding ortho intramolecular Hbond substituents is 1. The highest BCUT2D eigenvalue weighted by Gasteiger charge is 2.36. The predicted octanol–water partition coefficient (Wildman–Crippen LogP) is 2.48. The first-order valence-electron chi connectivity index (χ1n) is 7.49. The van der Waals surface area contributed by atoms with Gasteiger partial charge in [0.15, 0.2) is 5.78 Å². The van der Waals surface area contributed by atoms with Gasteiger partial charge in [-0.3, -0.25) is 4.79 Å². The summed E-state index contributed by atoms with van der Waals surface area (Å²) in [6.07, 6.45) is 3.58. The van der Waals surface area contributed by atoms with Crippen molar-refractivity contribution in [2.45, 2.75) is 25.3 Å². The first-order valence-corrected chi connectivity index (χ1v) is 7.49. The lowest BCUT2D eigenvalue weighted by Crippen LogP contribution is -2.31. The van der Waals surface area contributed by atoms with E-state index in [0.29, 0.717) is 23.4 Å². The summed E-state index contributed by atoms with van der Waals surface area (Å²) in [7, 11) is 0. The number of nitrogens with zero attached hydrogens (tertiary/aromatic N) is 3. The number of hydrogen-bond acceptors (Lipinski definition) is 5. The van der Waals surface area contributed by atoms with Crippen molar-refractivity contribution in [3.8, 4) is 11.8 Å². The van der Waals surface area contributed by atoms with Crippen molar-refractivity contribution in [3.63, 3.8) is 0 Å². The van der Waals surface area contributed by atoms with Crippen LogP contribution in [0.4, 0.5) is 5.82 Å². The van der Waals surface area contributed by atoms with Crippen LogP contribution in [0, 0.1) is 11.3 Å². The molecule has 2 aromatic rings. The van der Waals surface area contributed by atoms with Crippen molar-refractivity contribution in [3.05, 3.63) is 52.9 Å². The molecule has 0 bridgehead atoms. The number of carbonyl (C=O) groups is 1. The fraction of sp³-hybridized carbons (Fsp3) is 0.235. The van der Waals surface area contributed by atoms with Crippen LogP contribution < -0.4 is 5.32 Å². The third-order valence-electron chi connectivity index (χ3n) is 4.35. The van der Waals surface area contributed by atoms with Crippen molar-refractivity contribution < 1.29 is 9.90 Å². The largest absolute Gasteiger partial charge is 0.508 e. The summed E-state index contributed by atoms with van der Waals surface area (Å²) < 4.78 is 1.66. The smallest absolute Gasteiger partial charge is 0.163 e. The zero-order chi connectivity index (χ0) is 16.0. The van der Waals surface area contributed by atoms with E-state index in [1.807, 2.05) is 6.07 Å². The fourth-order valence-electron chi connectivity index (χ4n) is 3.34. The van der Waals surface area contributed by atoms with Gasteiger partial charge < -0.3 is 10.4 Å². The normalized spacial score (nSPS) is 19.6. The molecule has 1 atom stereocenters. The van der Waals surface area contributed by atoms with E-state index in [1.54, 1.807) is 22.9 Å². The van der Waals surface area contributed by atoms with Gasteiger partial charge in [0.1, 0.15) is 29.2 Å². The van der Waals surface area contributed by atoms with Gasteiger partial charge in [0.25, 0.3) is 0 Å². The molecule has 2 aliphatic rings. The van der Waals surface area contributed by atoms with Crippen LogP contribution >= 0.6 is 0 Å². The Morgan fingerprint density at radius 3 is 3.04 bits per heavy atom. The summed E-state index contributed by atoms with van der Waals surface area (Å²) in [6.45, 7) is 0. The van der Waals surface area contributed by atoms with Crippen LogP contribution in [0.25, 0.3) is 0 Å². The summed E-state index contributed by atoms with van der Waals surface area (Å²) >= 11 is 0. The fourth-order valence-corrected chi connectivity index (χ4v) is 3.34. The van der Waals surface area contributed by atoms with E-state index in [1.165, 1.54) is 6.20 Å². The van der Waals surface area contributed by atoms with E-state index < -0.39 is 6.04 Å². The molecule has 114 valence electrons. The number of nitriles is 1. The molecule has 6 nitrogen and oxygen atoms in total. The quantitative estimate of drug-likeness (QED) is 0.844. The average Bonchev–Trinajstić information content (AvgIpc) is 2.95. The Kier molecular flexibility index (Phi) is 2.95. The van der Waals surface area contributed by atoms with Gasteiger partial charge in [-0.15, -0.1) is 0 Å². The number of anilines is 1. The maximum absolute atomic E-state index is 12.5. The SMILES string of the molecule is N#Cc1cnn2c1NC1=C(C(=O)CCC1)[C@H]2c1cccc(O)c1. The molecule has 23 heavy (non-hydrogen) atoms. The van der Waals surface area contributed by atoms with Crippen LogP contribution in [0.2, 0.25) is 0 Å². The molecule has 1 aliphatic heterocycles. The van der Waals surface area contributed by atoms with Crippen LogP contribution in [0.15, 0.2) is 41.7 Å². The van der Waals surface area contributed by atoms with Crippen molar-refractivity contribution in [2.75, 3.05) is 5.32 Å². The Bertz CT molecular complexity index is 888. The first-order chi connectivity index (χ1) is 11.2. The number of allylic oxidation sites excluding steroid dienone is 2. The van der Waals surface area contributed by atoms with E-state index in [0.717, 1.165) is 24.1 Å². The highest BCUT2D eigenvalue weighted by Crippen LogP contribution is 2.41. The molecule has 0 spiro atoms. The molecule has 0 amide bonds. The van der Waals surface area contributed by atoms with Gasteiger partial charge in [-0.05, 0) is 30.5 Å². The minimum Gasteiger partial charge on any atom is -0.508 e. The molecule has 0 saturated carbocycles. The number of aromatic hydroxyl groups is 1. The molecule has 4 rings (SSSR count). The summed E-state index contributed by atoms with van der Waals surface area (Å²) in [5.41, 5.74) is 2.77. The number of benzene rings is 1. The van der Waals surface area contributed by atoms with Crippen LogP contribution in [0.3, 0.4) is 0 Å². The van der Waals surface area contributed by atoms with E-state index in [-0.39, 0.29) is 11.5 Å². The van der Waals surface area contributed by atoms with Crippen molar-refractivity contribution in [1.82, 2.24) is 9.78 Å². The number of carbonyl (C=O) groups excluding carboxylic acids is 1. The van der Waals surface area contributed by atoms with Gasteiger partial charge in [0.05, 0.1) is 6.20 Å². The molecular formula is C17H14N4O2. The summed E-state index contributed by atoms with van der Waals surface area (Å²) in [5.74, 6) is 0.835. The van der Waals surface area contributed by atoms with Gasteiger partial charge in [0.2, 0.25) is 0 Å². The van der Waals surface area contributed by atoms with E-state index in [9.17, 15) is 15.2 Å². The Morgan fingerprint density at radius 1 is 1.39 bits per heavy atom. The van der Waals surface area contributed by atoms with Gasteiger partial charge >= 0.3 is 0 Å². The van der Waals surface area contributed by atoms with Crippen LogP contribution in [-0.2, 0) is 4.79 Å². The second kappa shape index (κ2) is 4.99. The second-order valence-corrected chi connectivity index (χ2v) is 5.75. The minimum absolute atomic E-state index is 0.0896. The maximum Gasteiger partial charge on any atom is 0.163 e. The van der Waals surface area contributed by atoms with Crippen LogP contribution in [-0.4, -0.2) is 20.7 Å². The Morgan fingerprint density at radius 2 is 2.26 bits per heavy atom. The predicted molar refractivity (Wildman–Crippen MR) is 82.7 cm³/mol. The second-order valence-electron chi connectivity index (χ2n) is 5.75. The number of fused-ring (bicyclic) bond motifs is 1. The average molecular weight is 306 g/mol. The molecule has 0 saturated heterocycles. The van der Waals surface area contributed by atoms with E-state index >= 15 is 0 Å². The van der Waals surface area contributed by atoms with E-state index in [4.69, 9.17) is 0 Å². The van der Waals surface area contributed by atoms with Gasteiger partial charge in [-0.25, -0.2) is 4.68 Å². The third kappa shape index (κ3) is 2.01. The summed E-state index contributed by atoms with van der Waals surface area (Å²) in [6, 6.07) is 8.54. The topological polar surface area (TPSA) is 90.9 Å². The molecule has 1 aromatic heterocycles. The molecule has 6 heteroatoms. The van der Waals surface area contributed by atoms with Crippen molar-refractivity contribution in [1.29, 1.82) is 5.26 Å². The number of hydrogen-bond donors (Lipinski definition) is 2. The lowest BCUT2D eigenvalue weighted by Gasteiger charge is -2.33. The Labute approximate surface area is 132 Å². The molecule has 2 heterocycles.